The molecule has 0 amide bonds. The third-order valence-electron chi connectivity index (χ3n) is 13.7. The second kappa shape index (κ2) is 16.8. The van der Waals surface area contributed by atoms with Crippen molar-refractivity contribution in [3.63, 3.8) is 0 Å². The van der Waals surface area contributed by atoms with Crippen LogP contribution in [-0.4, -0.2) is 0 Å². The summed E-state index contributed by atoms with van der Waals surface area (Å²) in [6.07, 6.45) is 0. The zero-order valence-electron chi connectivity index (χ0n) is 38.8. The van der Waals surface area contributed by atoms with Crippen molar-refractivity contribution in [1.82, 2.24) is 0 Å². The molecule has 0 saturated heterocycles. The first-order valence-corrected chi connectivity index (χ1v) is 23.7. The highest BCUT2D eigenvalue weighted by Crippen LogP contribution is 2.50. The molecule has 0 aromatic heterocycles. The molecule has 0 aliphatic heterocycles. The lowest BCUT2D eigenvalue weighted by molar-refractivity contribution is 1.26. The van der Waals surface area contributed by atoms with Gasteiger partial charge in [-0.15, -0.1) is 0 Å². The summed E-state index contributed by atoms with van der Waals surface area (Å²) in [4.78, 5) is 4.84. The van der Waals surface area contributed by atoms with Crippen molar-refractivity contribution in [1.29, 1.82) is 0 Å². The summed E-state index contributed by atoms with van der Waals surface area (Å²) in [6, 6.07) is 85.7. The molecule has 0 unspecified atom stereocenters. The van der Waals surface area contributed by atoms with E-state index in [2.05, 4.69) is 268 Å². The number of nitrogens with zero attached hydrogens (tertiary/aromatic N) is 2. The first kappa shape index (κ1) is 41.0. The molecule has 0 fully saturated rings. The van der Waals surface area contributed by atoms with E-state index >= 15 is 0 Å². The fourth-order valence-electron chi connectivity index (χ4n) is 10.9. The zero-order chi connectivity index (χ0) is 45.9. The molecule has 0 aliphatic carbocycles. The largest absolute Gasteiger partial charge is 0.310 e. The number of hydrogen-bond acceptors (Lipinski definition) is 2. The summed E-state index contributed by atoms with van der Waals surface area (Å²) in [6.45, 7) is 8.77. The fourth-order valence-corrected chi connectivity index (χ4v) is 10.9. The van der Waals surface area contributed by atoms with Gasteiger partial charge in [0.05, 0.1) is 0 Å². The number of rotatable bonds is 8. The molecule has 68 heavy (non-hydrogen) atoms. The number of fused-ring (bicyclic) bond motifs is 6. The second-order valence-corrected chi connectivity index (χ2v) is 18.5. The molecule has 0 aliphatic rings. The molecule has 0 N–H and O–H groups in total. The highest BCUT2D eigenvalue weighted by Gasteiger charge is 2.23. The number of hydrogen-bond donors (Lipinski definition) is 0. The molecular formula is C66H50N2. The molecule has 12 aromatic rings. The van der Waals surface area contributed by atoms with Crippen molar-refractivity contribution in [3.8, 4) is 22.3 Å². The van der Waals surface area contributed by atoms with E-state index in [1.807, 2.05) is 0 Å². The normalized spacial score (nSPS) is 11.5. The minimum atomic E-state index is 1.10. The standard InChI is InChI=1S/C66H50N2/c1-43-34-44(2)37-55(36-43)67(51-19-7-5-8-20-51)53-30-33-62-63(41-53)65(50-28-31-59-49(40-50)27-26-48-17-12-13-23-57(48)59)61-32-29-54(42-64(61)66(62)60-25-15-18-47-16-11-14-24-58(47)60)68(52-21-9-6-10-22-52)56-38-45(3)35-46(4)39-56/h5-42H,1-4H3. The van der Waals surface area contributed by atoms with Crippen LogP contribution < -0.4 is 9.80 Å². The Kier molecular flexibility index (Phi) is 10.1. The van der Waals surface area contributed by atoms with Crippen molar-refractivity contribution >= 4 is 88.0 Å². The highest BCUT2D eigenvalue weighted by molar-refractivity contribution is 6.25. The Balaban J connectivity index is 1.22. The van der Waals surface area contributed by atoms with Gasteiger partial charge in [-0.1, -0.05) is 152 Å². The van der Waals surface area contributed by atoms with Crippen molar-refractivity contribution in [2.24, 2.45) is 0 Å². The third kappa shape index (κ3) is 7.23. The number of anilines is 6. The average molecular weight is 871 g/mol. The Hall–Kier alpha value is -8.46. The predicted molar refractivity (Wildman–Crippen MR) is 293 cm³/mol. The smallest absolute Gasteiger partial charge is 0.0468 e. The van der Waals surface area contributed by atoms with Gasteiger partial charge < -0.3 is 9.80 Å². The van der Waals surface area contributed by atoms with Crippen LogP contribution in [0.3, 0.4) is 0 Å². The quantitative estimate of drug-likeness (QED) is 0.111. The molecule has 12 rings (SSSR count). The minimum absolute atomic E-state index is 1.10. The van der Waals surface area contributed by atoms with E-state index < -0.39 is 0 Å². The van der Waals surface area contributed by atoms with Crippen LogP contribution in [0.5, 0.6) is 0 Å². The van der Waals surface area contributed by atoms with Gasteiger partial charge in [-0.3, -0.25) is 0 Å². The molecule has 0 heterocycles. The molecule has 12 aromatic carbocycles. The van der Waals surface area contributed by atoms with Crippen LogP contribution in [0.4, 0.5) is 34.1 Å². The number of aryl methyl sites for hydroxylation is 4. The molecule has 0 spiro atoms. The molecule has 2 heteroatoms. The van der Waals surface area contributed by atoms with Crippen LogP contribution in [0.1, 0.15) is 22.3 Å². The van der Waals surface area contributed by atoms with Gasteiger partial charge in [-0.25, -0.2) is 0 Å². The number of para-hydroxylation sites is 2. The first-order valence-electron chi connectivity index (χ1n) is 23.7. The topological polar surface area (TPSA) is 6.48 Å². The second-order valence-electron chi connectivity index (χ2n) is 18.5. The Labute approximate surface area is 398 Å². The van der Waals surface area contributed by atoms with Crippen LogP contribution in [0, 0.1) is 27.7 Å². The average Bonchev–Trinajstić information content (AvgIpc) is 3.35. The first-order chi connectivity index (χ1) is 33.3. The molecule has 0 radical (unpaired) electrons. The van der Waals surface area contributed by atoms with E-state index in [9.17, 15) is 0 Å². The molecule has 2 nitrogen and oxygen atoms in total. The Bertz CT molecular complexity index is 3860. The fraction of sp³-hybridized carbons (Fsp3) is 0.0606. The Morgan fingerprint density at radius 2 is 0.676 bits per heavy atom. The maximum atomic E-state index is 2.45. The molecule has 324 valence electrons. The van der Waals surface area contributed by atoms with Crippen molar-refractivity contribution < 1.29 is 0 Å². The van der Waals surface area contributed by atoms with Crippen molar-refractivity contribution in [2.45, 2.75) is 27.7 Å². The lowest BCUT2D eigenvalue weighted by Crippen LogP contribution is -2.11. The lowest BCUT2D eigenvalue weighted by Gasteiger charge is -2.29. The maximum Gasteiger partial charge on any atom is 0.0468 e. The van der Waals surface area contributed by atoms with Crippen LogP contribution in [0.25, 0.3) is 76.1 Å². The number of benzene rings is 12. The van der Waals surface area contributed by atoms with Crippen LogP contribution in [0.15, 0.2) is 231 Å². The summed E-state index contributed by atoms with van der Waals surface area (Å²) in [5.41, 5.74) is 16.5. The van der Waals surface area contributed by atoms with Gasteiger partial charge in [-0.05, 0) is 205 Å². The van der Waals surface area contributed by atoms with Crippen molar-refractivity contribution in [2.75, 3.05) is 9.80 Å². The van der Waals surface area contributed by atoms with Gasteiger partial charge >= 0.3 is 0 Å². The SMILES string of the molecule is Cc1cc(C)cc(N(c2ccccc2)c2ccc3c(-c4cccc5ccccc45)c4cc(N(c5ccccc5)c5cc(C)cc(C)c5)ccc4c(-c4ccc5c(ccc6ccccc65)c4)c3c2)c1. The molecule has 0 atom stereocenters. The van der Waals surface area contributed by atoms with E-state index in [0.29, 0.717) is 0 Å². The van der Waals surface area contributed by atoms with Gasteiger partial charge in [0.15, 0.2) is 0 Å². The van der Waals surface area contributed by atoms with E-state index in [4.69, 9.17) is 0 Å². The van der Waals surface area contributed by atoms with Crippen molar-refractivity contribution in [3.05, 3.63) is 253 Å². The zero-order valence-corrected chi connectivity index (χ0v) is 38.8. The third-order valence-corrected chi connectivity index (χ3v) is 13.7. The monoisotopic (exact) mass is 870 g/mol. The van der Waals surface area contributed by atoms with E-state index in [1.54, 1.807) is 0 Å². The minimum Gasteiger partial charge on any atom is -0.310 e. The van der Waals surface area contributed by atoms with Gasteiger partial charge in [0, 0.05) is 34.1 Å². The summed E-state index contributed by atoms with van der Waals surface area (Å²) in [5, 5.41) is 12.2. The van der Waals surface area contributed by atoms with E-state index in [0.717, 1.165) is 34.1 Å². The van der Waals surface area contributed by atoms with Crippen LogP contribution in [-0.2, 0) is 0 Å². The van der Waals surface area contributed by atoms with Gasteiger partial charge in [-0.2, -0.15) is 0 Å². The highest BCUT2D eigenvalue weighted by atomic mass is 15.1. The van der Waals surface area contributed by atoms with Crippen LogP contribution >= 0.6 is 0 Å². The van der Waals surface area contributed by atoms with Gasteiger partial charge in [0.1, 0.15) is 0 Å². The summed E-state index contributed by atoms with van der Waals surface area (Å²) in [7, 11) is 0. The van der Waals surface area contributed by atoms with Gasteiger partial charge in [0.2, 0.25) is 0 Å². The van der Waals surface area contributed by atoms with E-state index in [-0.39, 0.29) is 0 Å². The Morgan fingerprint density at radius 3 is 1.26 bits per heavy atom. The molecule has 0 saturated carbocycles. The molecular weight excluding hydrogens is 821 g/mol. The molecule has 0 bridgehead atoms. The van der Waals surface area contributed by atoms with E-state index in [1.165, 1.54) is 98.4 Å². The maximum absolute atomic E-state index is 2.45. The summed E-state index contributed by atoms with van der Waals surface area (Å²) >= 11 is 0. The lowest BCUT2D eigenvalue weighted by atomic mass is 9.83. The Morgan fingerprint density at radius 1 is 0.235 bits per heavy atom. The van der Waals surface area contributed by atoms with Gasteiger partial charge in [0.25, 0.3) is 0 Å². The summed E-state index contributed by atoms with van der Waals surface area (Å²) in [5.74, 6) is 0. The van der Waals surface area contributed by atoms with Crippen LogP contribution in [0.2, 0.25) is 0 Å². The summed E-state index contributed by atoms with van der Waals surface area (Å²) < 4.78 is 0. The predicted octanol–water partition coefficient (Wildman–Crippen LogP) is 19.0.